The van der Waals surface area contributed by atoms with Gasteiger partial charge in [-0.2, -0.15) is 0 Å². The minimum Gasteiger partial charge on any atom is -0.316 e. The van der Waals surface area contributed by atoms with Gasteiger partial charge in [-0.05, 0) is 67.2 Å². The number of piperidine rings is 1. The Morgan fingerprint density at radius 2 is 1.50 bits per heavy atom. The number of rotatable bonds is 3. The summed E-state index contributed by atoms with van der Waals surface area (Å²) in [5.41, 5.74) is 3.20. The Morgan fingerprint density at radius 3 is 2.20 bits per heavy atom. The van der Waals surface area contributed by atoms with Gasteiger partial charge in [0, 0.05) is 0 Å². The van der Waals surface area contributed by atoms with Gasteiger partial charge in [0.25, 0.3) is 0 Å². The Hall–Kier alpha value is -0.820. The lowest BCUT2D eigenvalue weighted by atomic mass is 9.73. The van der Waals surface area contributed by atoms with Gasteiger partial charge in [-0.15, -0.1) is 0 Å². The molecule has 4 rings (SSSR count). The maximum absolute atomic E-state index is 3.65. The normalized spacial score (nSPS) is 31.6. The van der Waals surface area contributed by atoms with Crippen LogP contribution in [-0.4, -0.2) is 13.1 Å². The Labute approximate surface area is 123 Å². The summed E-state index contributed by atoms with van der Waals surface area (Å²) in [4.78, 5) is 0. The molecule has 0 amide bonds. The highest BCUT2D eigenvalue weighted by Crippen LogP contribution is 2.43. The lowest BCUT2D eigenvalue weighted by Crippen LogP contribution is -2.38. The molecule has 1 aliphatic heterocycles. The number of hydrogen-bond acceptors (Lipinski definition) is 1. The van der Waals surface area contributed by atoms with E-state index in [9.17, 15) is 0 Å². The van der Waals surface area contributed by atoms with E-state index in [1.54, 1.807) is 11.1 Å². The van der Waals surface area contributed by atoms with Crippen LogP contribution in [0.3, 0.4) is 0 Å². The van der Waals surface area contributed by atoms with Crippen LogP contribution in [0.1, 0.15) is 67.9 Å². The highest BCUT2D eigenvalue weighted by atomic mass is 14.9. The van der Waals surface area contributed by atoms with Crippen molar-refractivity contribution in [3.05, 3.63) is 35.4 Å². The predicted molar refractivity (Wildman–Crippen MR) is 84.1 cm³/mol. The molecule has 0 radical (unpaired) electrons. The van der Waals surface area contributed by atoms with Crippen molar-refractivity contribution in [1.29, 1.82) is 0 Å². The van der Waals surface area contributed by atoms with Gasteiger partial charge in [0.2, 0.25) is 0 Å². The molecule has 2 saturated carbocycles. The topological polar surface area (TPSA) is 12.0 Å². The van der Waals surface area contributed by atoms with Crippen LogP contribution in [0.5, 0.6) is 0 Å². The van der Waals surface area contributed by atoms with Gasteiger partial charge in [0.05, 0.1) is 0 Å². The fourth-order valence-electron chi connectivity index (χ4n) is 4.61. The van der Waals surface area contributed by atoms with E-state index >= 15 is 0 Å². The molecule has 1 N–H and O–H groups in total. The molecule has 0 spiro atoms. The summed E-state index contributed by atoms with van der Waals surface area (Å²) >= 11 is 0. The molecule has 1 aromatic rings. The molecule has 108 valence electrons. The molecular formula is C19H27N. The first-order valence-electron chi connectivity index (χ1n) is 8.72. The molecule has 1 heteroatoms. The number of hydrogen-bond donors (Lipinski definition) is 1. The smallest absolute Gasteiger partial charge is 0.00120 e. The molecule has 2 unspecified atom stereocenters. The second-order valence-corrected chi connectivity index (χ2v) is 7.25. The van der Waals surface area contributed by atoms with E-state index < -0.39 is 0 Å². The molecular weight excluding hydrogens is 242 g/mol. The fourth-order valence-corrected chi connectivity index (χ4v) is 4.61. The summed E-state index contributed by atoms with van der Waals surface area (Å²) in [7, 11) is 0. The van der Waals surface area contributed by atoms with Crippen LogP contribution < -0.4 is 5.32 Å². The Morgan fingerprint density at radius 1 is 0.800 bits per heavy atom. The van der Waals surface area contributed by atoms with E-state index in [0.717, 1.165) is 23.7 Å². The number of benzene rings is 1. The molecule has 0 aromatic heterocycles. The Bertz CT molecular complexity index is 439. The van der Waals surface area contributed by atoms with E-state index in [1.807, 2.05) is 0 Å². The van der Waals surface area contributed by atoms with E-state index in [1.165, 1.54) is 58.0 Å². The van der Waals surface area contributed by atoms with Crippen molar-refractivity contribution in [1.82, 2.24) is 5.32 Å². The minimum absolute atomic E-state index is 0.813. The van der Waals surface area contributed by atoms with Gasteiger partial charge in [0.1, 0.15) is 0 Å². The van der Waals surface area contributed by atoms with Crippen LogP contribution in [0.15, 0.2) is 24.3 Å². The summed E-state index contributed by atoms with van der Waals surface area (Å²) in [5, 5.41) is 3.65. The van der Waals surface area contributed by atoms with Crippen molar-refractivity contribution in [3.8, 4) is 0 Å². The van der Waals surface area contributed by atoms with Crippen molar-refractivity contribution in [2.24, 2.45) is 11.8 Å². The summed E-state index contributed by atoms with van der Waals surface area (Å²) in [6.45, 7) is 2.46. The van der Waals surface area contributed by atoms with E-state index in [2.05, 4.69) is 29.6 Å². The van der Waals surface area contributed by atoms with Crippen LogP contribution in [-0.2, 0) is 0 Å². The average Bonchev–Trinajstić information content (AvgIpc) is 3.22. The molecule has 1 saturated heterocycles. The van der Waals surface area contributed by atoms with Gasteiger partial charge >= 0.3 is 0 Å². The monoisotopic (exact) mass is 269 g/mol. The third-order valence-corrected chi connectivity index (χ3v) is 5.95. The maximum Gasteiger partial charge on any atom is -0.00120 e. The summed E-state index contributed by atoms with van der Waals surface area (Å²) < 4.78 is 0. The van der Waals surface area contributed by atoms with Crippen LogP contribution in [0.2, 0.25) is 0 Å². The zero-order chi connectivity index (χ0) is 13.4. The highest BCUT2D eigenvalue weighted by Gasteiger charge is 2.34. The second-order valence-electron chi connectivity index (χ2n) is 7.25. The van der Waals surface area contributed by atoms with Gasteiger partial charge in [-0.3, -0.25) is 0 Å². The third kappa shape index (κ3) is 2.53. The van der Waals surface area contributed by atoms with E-state index in [0.29, 0.717) is 0 Å². The average molecular weight is 269 g/mol. The van der Waals surface area contributed by atoms with Gasteiger partial charge in [0.15, 0.2) is 0 Å². The molecule has 1 aromatic carbocycles. The first kappa shape index (κ1) is 12.9. The lowest BCUT2D eigenvalue weighted by molar-refractivity contribution is 0.231. The van der Waals surface area contributed by atoms with E-state index in [-0.39, 0.29) is 0 Å². The molecule has 2 atom stereocenters. The zero-order valence-electron chi connectivity index (χ0n) is 12.5. The largest absolute Gasteiger partial charge is 0.316 e. The number of nitrogens with one attached hydrogen (secondary N) is 1. The van der Waals surface area contributed by atoms with Crippen molar-refractivity contribution >= 4 is 0 Å². The van der Waals surface area contributed by atoms with Crippen molar-refractivity contribution in [2.75, 3.05) is 13.1 Å². The third-order valence-electron chi connectivity index (χ3n) is 5.95. The quantitative estimate of drug-likeness (QED) is 0.855. The summed E-state index contributed by atoms with van der Waals surface area (Å²) in [6.07, 6.45) is 10.0. The Balaban J connectivity index is 1.53. The molecule has 3 aliphatic rings. The summed E-state index contributed by atoms with van der Waals surface area (Å²) in [6, 6.07) is 9.73. The van der Waals surface area contributed by atoms with Crippen LogP contribution in [0.4, 0.5) is 0 Å². The molecule has 3 fully saturated rings. The van der Waals surface area contributed by atoms with Gasteiger partial charge in [-0.25, -0.2) is 0 Å². The molecule has 1 nitrogen and oxygen atoms in total. The van der Waals surface area contributed by atoms with Crippen LogP contribution in [0.25, 0.3) is 0 Å². The molecule has 20 heavy (non-hydrogen) atoms. The first-order chi connectivity index (χ1) is 9.92. The van der Waals surface area contributed by atoms with Crippen molar-refractivity contribution in [2.45, 2.75) is 56.8 Å². The van der Waals surface area contributed by atoms with Crippen molar-refractivity contribution in [3.63, 3.8) is 0 Å². The minimum atomic E-state index is 0.813. The summed E-state index contributed by atoms with van der Waals surface area (Å²) in [5.74, 6) is 3.57. The zero-order valence-corrected chi connectivity index (χ0v) is 12.5. The fraction of sp³-hybridized carbons (Fsp3) is 0.684. The van der Waals surface area contributed by atoms with E-state index in [4.69, 9.17) is 0 Å². The Kier molecular flexibility index (Phi) is 3.56. The van der Waals surface area contributed by atoms with Gasteiger partial charge in [-0.1, -0.05) is 49.9 Å². The maximum atomic E-state index is 3.65. The SMILES string of the molecule is c1cc(C2CCNCC2C2CCCC2)ccc1C1CC1. The van der Waals surface area contributed by atoms with Crippen molar-refractivity contribution < 1.29 is 0 Å². The molecule has 1 heterocycles. The standard InChI is InChI=1S/C19H27N/c1-2-4-16(3-1)19-13-20-12-11-18(19)17-9-7-15(8-10-17)14-5-6-14/h7-10,14,16,18-20H,1-6,11-13H2. The molecule has 2 aliphatic carbocycles. The first-order valence-corrected chi connectivity index (χ1v) is 8.72. The van der Waals surface area contributed by atoms with Crippen LogP contribution in [0, 0.1) is 11.8 Å². The lowest BCUT2D eigenvalue weighted by Gasteiger charge is -2.36. The predicted octanol–water partition coefficient (Wildman–Crippen LogP) is 4.45. The van der Waals surface area contributed by atoms with Gasteiger partial charge < -0.3 is 5.32 Å². The van der Waals surface area contributed by atoms with Crippen LogP contribution >= 0.6 is 0 Å². The highest BCUT2D eigenvalue weighted by molar-refractivity contribution is 5.30. The second kappa shape index (κ2) is 5.52. The molecule has 0 bridgehead atoms.